The molecular formula is C20H31ClN4O2. The summed E-state index contributed by atoms with van der Waals surface area (Å²) in [5.41, 5.74) is 1.91. The molecule has 2 atom stereocenters. The van der Waals surface area contributed by atoms with Gasteiger partial charge in [-0.05, 0) is 57.4 Å². The zero-order chi connectivity index (χ0) is 18.5. The highest BCUT2D eigenvalue weighted by atomic mass is 35.5. The zero-order valence-electron chi connectivity index (χ0n) is 16.2. The average molecular weight is 395 g/mol. The molecular weight excluding hydrogens is 364 g/mol. The lowest BCUT2D eigenvalue weighted by molar-refractivity contribution is -0.137. The maximum absolute atomic E-state index is 13.0. The number of hydrogen-bond donors (Lipinski definition) is 2. The van der Waals surface area contributed by atoms with Crippen molar-refractivity contribution in [2.45, 2.75) is 38.6 Å². The van der Waals surface area contributed by atoms with Crippen LogP contribution in [0.1, 0.15) is 31.2 Å². The number of hydrogen-bond acceptors (Lipinski definition) is 3. The molecule has 2 heterocycles. The molecule has 2 aliphatic rings. The van der Waals surface area contributed by atoms with Crippen LogP contribution in [0.15, 0.2) is 24.3 Å². The fourth-order valence-electron chi connectivity index (χ4n) is 4.10. The standard InChI is InChI=1S/C20H30N4O2.ClH/c1-15-6-3-8-17(12-15)22-20(26)23-10-4-7-16(14-23)19(25)24-11-5-9-18(24)13-21-2;/h3,6,8,12,16,18,21H,4-5,7,9-11,13-14H2,1-2H3,(H,22,26);1H. The van der Waals surface area contributed by atoms with Crippen LogP contribution in [-0.4, -0.2) is 61.0 Å². The second-order valence-corrected chi connectivity index (χ2v) is 7.47. The molecule has 2 fully saturated rings. The van der Waals surface area contributed by atoms with E-state index in [1.165, 1.54) is 0 Å². The van der Waals surface area contributed by atoms with Crippen LogP contribution >= 0.6 is 12.4 Å². The first kappa shape index (κ1) is 21.5. The van der Waals surface area contributed by atoms with Crippen molar-refractivity contribution in [2.75, 3.05) is 38.5 Å². The largest absolute Gasteiger partial charge is 0.338 e. The van der Waals surface area contributed by atoms with Gasteiger partial charge < -0.3 is 20.4 Å². The molecule has 1 aromatic rings. The summed E-state index contributed by atoms with van der Waals surface area (Å²) in [5.74, 6) is 0.139. The van der Waals surface area contributed by atoms with E-state index in [1.807, 2.05) is 43.1 Å². The number of nitrogens with zero attached hydrogens (tertiary/aromatic N) is 2. The number of carbonyl (C=O) groups excluding carboxylic acids is 2. The summed E-state index contributed by atoms with van der Waals surface area (Å²) in [6.45, 7) is 4.91. The third-order valence-corrected chi connectivity index (χ3v) is 5.43. The third kappa shape index (κ3) is 5.36. The van der Waals surface area contributed by atoms with Crippen LogP contribution in [0.2, 0.25) is 0 Å². The van der Waals surface area contributed by atoms with Crippen molar-refractivity contribution in [3.63, 3.8) is 0 Å². The van der Waals surface area contributed by atoms with Gasteiger partial charge in [-0.3, -0.25) is 4.79 Å². The molecule has 2 aliphatic heterocycles. The van der Waals surface area contributed by atoms with E-state index in [4.69, 9.17) is 0 Å². The number of halogens is 1. The number of likely N-dealkylation sites (tertiary alicyclic amines) is 2. The molecule has 0 aromatic heterocycles. The van der Waals surface area contributed by atoms with Gasteiger partial charge in [0.15, 0.2) is 0 Å². The molecule has 6 nitrogen and oxygen atoms in total. The lowest BCUT2D eigenvalue weighted by atomic mass is 9.96. The number of nitrogens with one attached hydrogen (secondary N) is 2. The van der Waals surface area contributed by atoms with Gasteiger partial charge in [-0.1, -0.05) is 12.1 Å². The third-order valence-electron chi connectivity index (χ3n) is 5.43. The number of amides is 3. The maximum Gasteiger partial charge on any atom is 0.321 e. The molecule has 3 rings (SSSR count). The van der Waals surface area contributed by atoms with Crippen LogP contribution in [0.3, 0.4) is 0 Å². The second-order valence-electron chi connectivity index (χ2n) is 7.47. The first-order chi connectivity index (χ1) is 12.6. The molecule has 0 spiro atoms. The topological polar surface area (TPSA) is 64.7 Å². The lowest BCUT2D eigenvalue weighted by Gasteiger charge is -2.35. The summed E-state index contributed by atoms with van der Waals surface area (Å²) in [7, 11) is 1.93. The second kappa shape index (κ2) is 9.95. The number of aryl methyl sites for hydroxylation is 1. The molecule has 150 valence electrons. The summed E-state index contributed by atoms with van der Waals surface area (Å²) in [6.07, 6.45) is 3.89. The number of urea groups is 1. The van der Waals surface area contributed by atoms with Crippen molar-refractivity contribution in [3.8, 4) is 0 Å². The summed E-state index contributed by atoms with van der Waals surface area (Å²) >= 11 is 0. The molecule has 2 saturated heterocycles. The first-order valence-electron chi connectivity index (χ1n) is 9.66. The number of likely N-dealkylation sites (N-methyl/N-ethyl adjacent to an activating group) is 1. The molecule has 27 heavy (non-hydrogen) atoms. The van der Waals surface area contributed by atoms with Gasteiger partial charge in [0.25, 0.3) is 0 Å². The number of carbonyl (C=O) groups is 2. The Balaban J connectivity index is 0.00000261. The molecule has 2 N–H and O–H groups in total. The Morgan fingerprint density at radius 3 is 2.70 bits per heavy atom. The molecule has 0 bridgehead atoms. The minimum atomic E-state index is -0.110. The summed E-state index contributed by atoms with van der Waals surface area (Å²) in [6, 6.07) is 7.97. The van der Waals surface area contributed by atoms with Crippen molar-refractivity contribution < 1.29 is 9.59 Å². The van der Waals surface area contributed by atoms with Crippen molar-refractivity contribution in [1.29, 1.82) is 0 Å². The van der Waals surface area contributed by atoms with Crippen LogP contribution in [0.25, 0.3) is 0 Å². The van der Waals surface area contributed by atoms with E-state index in [0.29, 0.717) is 19.1 Å². The average Bonchev–Trinajstić information content (AvgIpc) is 3.10. The Bertz CT molecular complexity index is 655. The van der Waals surface area contributed by atoms with E-state index in [2.05, 4.69) is 10.6 Å². The van der Waals surface area contributed by atoms with Crippen LogP contribution in [-0.2, 0) is 4.79 Å². The van der Waals surface area contributed by atoms with Crippen LogP contribution in [0, 0.1) is 12.8 Å². The van der Waals surface area contributed by atoms with Crippen molar-refractivity contribution >= 4 is 30.0 Å². The Kier molecular flexibility index (Phi) is 7.92. The van der Waals surface area contributed by atoms with Gasteiger partial charge in [-0.25, -0.2) is 4.79 Å². The SMILES string of the molecule is CNCC1CCCN1C(=O)C1CCCN(C(=O)Nc2cccc(C)c2)C1.Cl. The van der Waals surface area contributed by atoms with Gasteiger partial charge in [0.2, 0.25) is 5.91 Å². The van der Waals surface area contributed by atoms with E-state index < -0.39 is 0 Å². The predicted molar refractivity (Wildman–Crippen MR) is 110 cm³/mol. The Morgan fingerprint density at radius 2 is 1.96 bits per heavy atom. The molecule has 3 amide bonds. The highest BCUT2D eigenvalue weighted by Crippen LogP contribution is 2.25. The first-order valence-corrected chi connectivity index (χ1v) is 9.66. The van der Waals surface area contributed by atoms with Crippen LogP contribution in [0.4, 0.5) is 10.5 Å². The van der Waals surface area contributed by atoms with Gasteiger partial charge in [0, 0.05) is 37.9 Å². The highest BCUT2D eigenvalue weighted by Gasteiger charge is 2.35. The van der Waals surface area contributed by atoms with Gasteiger partial charge in [-0.15, -0.1) is 12.4 Å². The van der Waals surface area contributed by atoms with Crippen molar-refractivity contribution in [1.82, 2.24) is 15.1 Å². The number of benzene rings is 1. The lowest BCUT2D eigenvalue weighted by Crippen LogP contribution is -2.50. The summed E-state index contributed by atoms with van der Waals surface area (Å²) in [5, 5.41) is 6.15. The molecule has 7 heteroatoms. The van der Waals surface area contributed by atoms with E-state index in [9.17, 15) is 9.59 Å². The fourth-order valence-corrected chi connectivity index (χ4v) is 4.10. The Labute approximate surface area is 168 Å². The highest BCUT2D eigenvalue weighted by molar-refractivity contribution is 5.90. The number of anilines is 1. The molecule has 0 radical (unpaired) electrons. The van der Waals surface area contributed by atoms with E-state index in [0.717, 1.165) is 50.0 Å². The quantitative estimate of drug-likeness (QED) is 0.825. The predicted octanol–water partition coefficient (Wildman–Crippen LogP) is 2.87. The summed E-state index contributed by atoms with van der Waals surface area (Å²) in [4.78, 5) is 29.4. The van der Waals surface area contributed by atoms with Crippen molar-refractivity contribution in [3.05, 3.63) is 29.8 Å². The van der Waals surface area contributed by atoms with Crippen LogP contribution in [0.5, 0.6) is 0 Å². The molecule has 0 saturated carbocycles. The number of piperidine rings is 1. The zero-order valence-corrected chi connectivity index (χ0v) is 17.1. The Morgan fingerprint density at radius 1 is 1.19 bits per heavy atom. The van der Waals surface area contributed by atoms with E-state index in [-0.39, 0.29) is 30.3 Å². The maximum atomic E-state index is 13.0. The van der Waals surface area contributed by atoms with E-state index >= 15 is 0 Å². The minimum absolute atomic E-state index is 0. The minimum Gasteiger partial charge on any atom is -0.338 e. The van der Waals surface area contributed by atoms with E-state index in [1.54, 1.807) is 4.90 Å². The molecule has 1 aromatic carbocycles. The normalized spacial score (nSPS) is 22.3. The van der Waals surface area contributed by atoms with Crippen molar-refractivity contribution in [2.24, 2.45) is 5.92 Å². The summed E-state index contributed by atoms with van der Waals surface area (Å²) < 4.78 is 0. The van der Waals surface area contributed by atoms with Gasteiger partial charge in [0.1, 0.15) is 0 Å². The van der Waals surface area contributed by atoms with Gasteiger partial charge >= 0.3 is 6.03 Å². The van der Waals surface area contributed by atoms with Crippen LogP contribution < -0.4 is 10.6 Å². The fraction of sp³-hybridized carbons (Fsp3) is 0.600. The smallest absolute Gasteiger partial charge is 0.321 e. The monoisotopic (exact) mass is 394 g/mol. The van der Waals surface area contributed by atoms with Gasteiger partial charge in [0.05, 0.1) is 5.92 Å². The number of rotatable bonds is 4. The molecule has 2 unspecified atom stereocenters. The molecule has 0 aliphatic carbocycles. The Hall–Kier alpha value is -1.79. The van der Waals surface area contributed by atoms with Gasteiger partial charge in [-0.2, -0.15) is 0 Å².